The van der Waals surface area contributed by atoms with Crippen molar-refractivity contribution in [1.29, 1.82) is 0 Å². The van der Waals surface area contributed by atoms with Gasteiger partial charge in [-0.05, 0) is 48.9 Å². The molecule has 1 atom stereocenters. The molecule has 3 N–H and O–H groups in total. The van der Waals surface area contributed by atoms with E-state index in [1.54, 1.807) is 24.3 Å². The van der Waals surface area contributed by atoms with Gasteiger partial charge in [0.05, 0.1) is 23.4 Å². The largest absolute Gasteiger partial charge is 0.491 e. The highest BCUT2D eigenvalue weighted by molar-refractivity contribution is 7.99. The summed E-state index contributed by atoms with van der Waals surface area (Å²) in [5, 5.41) is 10.9. The lowest BCUT2D eigenvalue weighted by Gasteiger charge is -2.12. The Morgan fingerprint density at radius 2 is 1.90 bits per heavy atom. The summed E-state index contributed by atoms with van der Waals surface area (Å²) in [5.74, 6) is 0.990. The van der Waals surface area contributed by atoms with Gasteiger partial charge in [-0.25, -0.2) is 13.4 Å². The quantitative estimate of drug-likeness (QED) is 0.463. The Labute approximate surface area is 176 Å². The van der Waals surface area contributed by atoms with Gasteiger partial charge in [0, 0.05) is 11.4 Å². The molecule has 0 aliphatic heterocycles. The number of ether oxygens (including phenoxy) is 1. The summed E-state index contributed by atoms with van der Waals surface area (Å²) in [7, 11) is -3.30. The van der Waals surface area contributed by atoms with Gasteiger partial charge in [0.25, 0.3) is 0 Å². The van der Waals surface area contributed by atoms with E-state index in [-0.39, 0.29) is 6.61 Å². The van der Waals surface area contributed by atoms with Crippen LogP contribution in [0.4, 0.5) is 5.69 Å². The minimum Gasteiger partial charge on any atom is -0.491 e. The molecule has 9 heteroatoms. The molecular formula is C20H27N3O4S2. The number of thioether (sulfide) groups is 1. The van der Waals surface area contributed by atoms with Crippen LogP contribution in [0.2, 0.25) is 0 Å². The molecule has 0 fully saturated rings. The monoisotopic (exact) mass is 437 g/mol. The van der Waals surface area contributed by atoms with Gasteiger partial charge in [0.2, 0.25) is 10.0 Å². The number of aromatic nitrogens is 2. The lowest BCUT2D eigenvalue weighted by Crippen LogP contribution is -2.20. The number of imidazole rings is 1. The molecule has 1 aromatic heterocycles. The maximum Gasteiger partial charge on any atom is 0.229 e. The summed E-state index contributed by atoms with van der Waals surface area (Å²) < 4.78 is 30.3. The third-order valence-electron chi connectivity index (χ3n) is 3.63. The number of hydrogen-bond donors (Lipinski definition) is 3. The fourth-order valence-corrected chi connectivity index (χ4v) is 3.77. The third-order valence-corrected chi connectivity index (χ3v) is 5.25. The number of rotatable bonds is 8. The Morgan fingerprint density at radius 3 is 2.55 bits per heavy atom. The minimum atomic E-state index is -3.30. The zero-order chi connectivity index (χ0) is 21.4. The number of aliphatic hydroxyl groups is 1. The van der Waals surface area contributed by atoms with Gasteiger partial charge in [-0.3, -0.25) is 4.72 Å². The van der Waals surface area contributed by atoms with Crippen molar-refractivity contribution in [3.05, 3.63) is 48.0 Å². The summed E-state index contributed by atoms with van der Waals surface area (Å²) in [4.78, 5) is 7.72. The summed E-state index contributed by atoms with van der Waals surface area (Å²) in [6.07, 6.45) is 0.424. The number of aromatic amines is 1. The standard InChI is InChI=1S/C18H21N3O4S2.C2H6/c1-12-3-8-16-17(9-12)20-18(19-16)26-11-14(22)10-25-15-6-4-13(5-7-15)21-27(2,23)24;1-2/h3-9,14,21-22H,10-11H2,1-2H3,(H,19,20);1-2H3. The van der Waals surface area contributed by atoms with Crippen LogP contribution >= 0.6 is 11.8 Å². The first-order chi connectivity index (χ1) is 13.8. The van der Waals surface area contributed by atoms with Crippen LogP contribution in [0.5, 0.6) is 5.75 Å². The maximum absolute atomic E-state index is 11.2. The van der Waals surface area contributed by atoms with Crippen LogP contribution in [0, 0.1) is 6.92 Å². The van der Waals surface area contributed by atoms with Gasteiger partial charge in [0.15, 0.2) is 5.16 Å². The van der Waals surface area contributed by atoms with E-state index in [1.807, 2.05) is 39.0 Å². The molecule has 3 aromatic rings. The number of anilines is 1. The highest BCUT2D eigenvalue weighted by atomic mass is 32.2. The molecular weight excluding hydrogens is 410 g/mol. The fourth-order valence-electron chi connectivity index (χ4n) is 2.42. The van der Waals surface area contributed by atoms with Gasteiger partial charge >= 0.3 is 0 Å². The Kier molecular flexibility index (Phi) is 8.36. The van der Waals surface area contributed by atoms with Crippen molar-refractivity contribution in [3.63, 3.8) is 0 Å². The molecule has 3 rings (SSSR count). The molecule has 0 bridgehead atoms. The van der Waals surface area contributed by atoms with Crippen molar-refractivity contribution in [2.75, 3.05) is 23.3 Å². The first kappa shape index (κ1) is 23.1. The highest BCUT2D eigenvalue weighted by Crippen LogP contribution is 2.21. The van der Waals surface area contributed by atoms with Crippen LogP contribution in [0.15, 0.2) is 47.6 Å². The molecule has 0 spiro atoms. The fraction of sp³-hybridized carbons (Fsp3) is 0.350. The molecule has 7 nitrogen and oxygen atoms in total. The van der Waals surface area contributed by atoms with Gasteiger partial charge < -0.3 is 14.8 Å². The number of fused-ring (bicyclic) bond motifs is 1. The topological polar surface area (TPSA) is 104 Å². The Hall–Kier alpha value is -2.23. The van der Waals surface area contributed by atoms with Crippen molar-refractivity contribution in [1.82, 2.24) is 9.97 Å². The van der Waals surface area contributed by atoms with Crippen molar-refractivity contribution in [2.24, 2.45) is 0 Å². The van der Waals surface area contributed by atoms with E-state index in [4.69, 9.17) is 4.74 Å². The van der Waals surface area contributed by atoms with Gasteiger partial charge in [0.1, 0.15) is 12.4 Å². The van der Waals surface area contributed by atoms with Crippen LogP contribution in [0.3, 0.4) is 0 Å². The molecule has 0 aliphatic rings. The minimum absolute atomic E-state index is 0.130. The van der Waals surface area contributed by atoms with E-state index in [0.29, 0.717) is 17.2 Å². The molecule has 1 unspecified atom stereocenters. The molecule has 158 valence electrons. The smallest absolute Gasteiger partial charge is 0.229 e. The number of aliphatic hydroxyl groups excluding tert-OH is 1. The molecule has 0 saturated heterocycles. The van der Waals surface area contributed by atoms with E-state index in [1.165, 1.54) is 11.8 Å². The maximum atomic E-state index is 11.2. The summed E-state index contributed by atoms with van der Waals surface area (Å²) in [6, 6.07) is 12.5. The van der Waals surface area contributed by atoms with E-state index >= 15 is 0 Å². The van der Waals surface area contributed by atoms with Crippen LogP contribution in [0.25, 0.3) is 11.0 Å². The number of H-pyrrole nitrogens is 1. The predicted octanol–water partition coefficient (Wildman–Crippen LogP) is 3.80. The summed E-state index contributed by atoms with van der Waals surface area (Å²) in [6.45, 7) is 6.16. The summed E-state index contributed by atoms with van der Waals surface area (Å²) >= 11 is 1.43. The van der Waals surface area contributed by atoms with E-state index in [2.05, 4.69) is 14.7 Å². The van der Waals surface area contributed by atoms with E-state index < -0.39 is 16.1 Å². The SMILES string of the molecule is CC.Cc1ccc2nc(SCC(O)COc3ccc(NS(C)(=O)=O)cc3)[nH]c2c1. The normalized spacial score (nSPS) is 12.2. The molecule has 29 heavy (non-hydrogen) atoms. The molecule has 1 heterocycles. The molecule has 2 aromatic carbocycles. The van der Waals surface area contributed by atoms with Crippen LogP contribution < -0.4 is 9.46 Å². The third kappa shape index (κ3) is 7.60. The number of sulfonamides is 1. The first-order valence-electron chi connectivity index (χ1n) is 9.26. The van der Waals surface area contributed by atoms with Crippen molar-refractivity contribution in [2.45, 2.75) is 32.0 Å². The average molecular weight is 438 g/mol. The van der Waals surface area contributed by atoms with Gasteiger partial charge in [-0.1, -0.05) is 31.7 Å². The number of hydrogen-bond acceptors (Lipinski definition) is 6. The van der Waals surface area contributed by atoms with Crippen molar-refractivity contribution in [3.8, 4) is 5.75 Å². The lowest BCUT2D eigenvalue weighted by atomic mass is 10.2. The molecule has 0 aliphatic carbocycles. The summed E-state index contributed by atoms with van der Waals surface area (Å²) in [5.41, 5.74) is 3.50. The number of aryl methyl sites for hydroxylation is 1. The van der Waals surface area contributed by atoms with E-state index in [9.17, 15) is 13.5 Å². The molecule has 0 saturated carbocycles. The van der Waals surface area contributed by atoms with Crippen LogP contribution in [0.1, 0.15) is 19.4 Å². The van der Waals surface area contributed by atoms with E-state index in [0.717, 1.165) is 28.0 Å². The second kappa shape index (κ2) is 10.5. The van der Waals surface area contributed by atoms with Gasteiger partial charge in [-0.15, -0.1) is 0 Å². The number of nitrogens with zero attached hydrogens (tertiary/aromatic N) is 1. The second-order valence-electron chi connectivity index (χ2n) is 6.24. The van der Waals surface area contributed by atoms with Crippen molar-refractivity contribution >= 4 is 38.5 Å². The predicted molar refractivity (Wildman–Crippen MR) is 119 cm³/mol. The number of nitrogens with one attached hydrogen (secondary N) is 2. The van der Waals surface area contributed by atoms with Crippen molar-refractivity contribution < 1.29 is 18.3 Å². The highest BCUT2D eigenvalue weighted by Gasteiger charge is 2.10. The second-order valence-corrected chi connectivity index (χ2v) is 8.99. The van der Waals surface area contributed by atoms with Crippen LogP contribution in [-0.2, 0) is 10.0 Å². The average Bonchev–Trinajstić information content (AvgIpc) is 3.08. The number of benzene rings is 2. The van der Waals surface area contributed by atoms with Gasteiger partial charge in [-0.2, -0.15) is 0 Å². The Morgan fingerprint density at radius 1 is 1.21 bits per heavy atom. The zero-order valence-electron chi connectivity index (χ0n) is 17.0. The lowest BCUT2D eigenvalue weighted by molar-refractivity contribution is 0.126. The van der Waals surface area contributed by atoms with Crippen LogP contribution in [-0.4, -0.2) is 48.2 Å². The molecule has 0 amide bonds. The Balaban J connectivity index is 0.00000145. The molecule has 0 radical (unpaired) electrons. The first-order valence-corrected chi connectivity index (χ1v) is 12.1. The Bertz CT molecular complexity index is 1020. The zero-order valence-corrected chi connectivity index (χ0v) is 18.6.